The van der Waals surface area contributed by atoms with Crippen molar-refractivity contribution in [2.45, 2.75) is 40.2 Å². The van der Waals surface area contributed by atoms with E-state index in [1.807, 2.05) is 45.9 Å². The number of hydrogen-bond acceptors (Lipinski definition) is 3. The van der Waals surface area contributed by atoms with Crippen LogP contribution in [0.4, 0.5) is 5.69 Å². The first-order valence-corrected chi connectivity index (χ1v) is 10.0. The number of hydrogen-bond donors (Lipinski definition) is 3. The van der Waals surface area contributed by atoms with Gasteiger partial charge in [-0.1, -0.05) is 38.4 Å². The molecule has 1 aromatic carbocycles. The van der Waals surface area contributed by atoms with Crippen molar-refractivity contribution in [1.82, 2.24) is 16.0 Å². The molecule has 2 rings (SSSR count). The summed E-state index contributed by atoms with van der Waals surface area (Å²) in [5.41, 5.74) is 0.777. The lowest BCUT2D eigenvalue weighted by atomic mass is 9.96. The third-order valence-electron chi connectivity index (χ3n) is 4.40. The van der Waals surface area contributed by atoms with Crippen molar-refractivity contribution >= 4 is 53.1 Å². The molecule has 0 spiro atoms. The van der Waals surface area contributed by atoms with Crippen LogP contribution in [0, 0.1) is 5.41 Å². The third-order valence-corrected chi connectivity index (χ3v) is 4.63. The summed E-state index contributed by atoms with van der Waals surface area (Å²) in [6, 6.07) is 8.29. The number of benzene rings is 1. The minimum Gasteiger partial charge on any atom is -0.369 e. The van der Waals surface area contributed by atoms with Gasteiger partial charge in [-0.15, -0.1) is 24.0 Å². The SMILES string of the molecule is CCNC(=NCCNC(=O)C(C)(C)C)NC1CCN(c2cccc(Cl)c2)C1.I. The number of aliphatic imine (C=N–C) groups is 1. The van der Waals surface area contributed by atoms with Gasteiger partial charge in [0, 0.05) is 48.3 Å². The van der Waals surface area contributed by atoms with Gasteiger partial charge in [0.05, 0.1) is 6.54 Å². The molecular weight excluding hydrogens is 489 g/mol. The van der Waals surface area contributed by atoms with E-state index in [0.29, 0.717) is 19.1 Å². The molecule has 8 heteroatoms. The normalized spacial score (nSPS) is 17.1. The third kappa shape index (κ3) is 8.03. The Bertz CT molecular complexity index is 662. The average molecular weight is 522 g/mol. The second-order valence-electron chi connectivity index (χ2n) is 7.82. The summed E-state index contributed by atoms with van der Waals surface area (Å²) in [5, 5.41) is 10.5. The zero-order valence-corrected chi connectivity index (χ0v) is 20.3. The number of nitrogens with zero attached hydrogens (tertiary/aromatic N) is 2. The van der Waals surface area contributed by atoms with Crippen molar-refractivity contribution in [3.05, 3.63) is 29.3 Å². The molecule has 1 aromatic rings. The van der Waals surface area contributed by atoms with Crippen LogP contribution in [-0.4, -0.2) is 50.6 Å². The van der Waals surface area contributed by atoms with Crippen molar-refractivity contribution in [3.8, 4) is 0 Å². The first-order chi connectivity index (χ1) is 12.8. The molecule has 1 fully saturated rings. The summed E-state index contributed by atoms with van der Waals surface area (Å²) in [7, 11) is 0. The molecule has 1 atom stereocenters. The van der Waals surface area contributed by atoms with E-state index in [1.54, 1.807) is 0 Å². The Morgan fingerprint density at radius 2 is 2.07 bits per heavy atom. The van der Waals surface area contributed by atoms with Gasteiger partial charge in [0.15, 0.2) is 5.96 Å². The maximum absolute atomic E-state index is 11.9. The molecule has 6 nitrogen and oxygen atoms in total. The van der Waals surface area contributed by atoms with Crippen molar-refractivity contribution in [2.75, 3.05) is 37.6 Å². The highest BCUT2D eigenvalue weighted by Gasteiger charge is 2.24. The number of halogens is 2. The van der Waals surface area contributed by atoms with Crippen LogP contribution in [0.5, 0.6) is 0 Å². The number of nitrogens with one attached hydrogen (secondary N) is 3. The number of guanidine groups is 1. The van der Waals surface area contributed by atoms with Crippen molar-refractivity contribution in [2.24, 2.45) is 10.4 Å². The molecule has 0 saturated carbocycles. The van der Waals surface area contributed by atoms with E-state index >= 15 is 0 Å². The quantitative estimate of drug-likeness (QED) is 0.233. The molecule has 0 bridgehead atoms. The van der Waals surface area contributed by atoms with E-state index < -0.39 is 0 Å². The van der Waals surface area contributed by atoms with Crippen LogP contribution in [0.15, 0.2) is 29.3 Å². The second-order valence-corrected chi connectivity index (χ2v) is 8.26. The number of rotatable bonds is 6. The van der Waals surface area contributed by atoms with Crippen molar-refractivity contribution in [3.63, 3.8) is 0 Å². The van der Waals surface area contributed by atoms with Gasteiger partial charge in [0.2, 0.25) is 5.91 Å². The van der Waals surface area contributed by atoms with Gasteiger partial charge in [0.1, 0.15) is 0 Å². The van der Waals surface area contributed by atoms with Gasteiger partial charge in [-0.05, 0) is 31.5 Å². The Balaban J connectivity index is 0.00000392. The van der Waals surface area contributed by atoms with Crippen molar-refractivity contribution in [1.29, 1.82) is 0 Å². The maximum Gasteiger partial charge on any atom is 0.225 e. The fourth-order valence-corrected chi connectivity index (χ4v) is 3.09. The molecule has 1 heterocycles. The second kappa shape index (κ2) is 11.7. The van der Waals surface area contributed by atoms with Crippen molar-refractivity contribution < 1.29 is 4.79 Å². The standard InChI is InChI=1S/C20H32ClN5O.HI/c1-5-22-19(24-11-10-23-18(27)20(2,3)4)25-16-9-12-26(14-16)17-8-6-7-15(21)13-17;/h6-8,13,16H,5,9-12,14H2,1-4H3,(H,23,27)(H2,22,24,25);1H. The zero-order chi connectivity index (χ0) is 19.9. The Morgan fingerprint density at radius 1 is 1.32 bits per heavy atom. The fraction of sp³-hybridized carbons (Fsp3) is 0.600. The molecule has 3 N–H and O–H groups in total. The summed E-state index contributed by atoms with van der Waals surface area (Å²) in [6.07, 6.45) is 1.04. The van der Waals surface area contributed by atoms with Gasteiger partial charge < -0.3 is 20.9 Å². The van der Waals surface area contributed by atoms with Gasteiger partial charge in [0.25, 0.3) is 0 Å². The number of amides is 1. The number of carbonyl (C=O) groups excluding carboxylic acids is 1. The Hall–Kier alpha value is -1.22. The van der Waals surface area contributed by atoms with E-state index in [2.05, 4.69) is 31.9 Å². The molecule has 0 aromatic heterocycles. The van der Waals surface area contributed by atoms with E-state index in [1.165, 1.54) is 0 Å². The van der Waals surface area contributed by atoms with Crippen LogP contribution in [0.1, 0.15) is 34.1 Å². The van der Waals surface area contributed by atoms with Crippen LogP contribution in [0.25, 0.3) is 0 Å². The zero-order valence-electron chi connectivity index (χ0n) is 17.2. The van der Waals surface area contributed by atoms with Crippen LogP contribution >= 0.6 is 35.6 Å². The summed E-state index contributed by atoms with van der Waals surface area (Å²) < 4.78 is 0. The lowest BCUT2D eigenvalue weighted by molar-refractivity contribution is -0.128. The van der Waals surface area contributed by atoms with Crippen LogP contribution < -0.4 is 20.9 Å². The molecule has 1 aliphatic heterocycles. The van der Waals surface area contributed by atoms with E-state index in [-0.39, 0.29) is 35.3 Å². The van der Waals surface area contributed by atoms with Gasteiger partial charge in [-0.2, -0.15) is 0 Å². The Labute approximate surface area is 190 Å². The summed E-state index contributed by atoms with van der Waals surface area (Å²) in [5.74, 6) is 0.837. The topological polar surface area (TPSA) is 68.8 Å². The molecule has 1 aliphatic rings. The first kappa shape index (κ1) is 24.8. The molecule has 0 aliphatic carbocycles. The molecule has 28 heavy (non-hydrogen) atoms. The number of carbonyl (C=O) groups is 1. The highest BCUT2D eigenvalue weighted by Crippen LogP contribution is 2.23. The lowest BCUT2D eigenvalue weighted by Crippen LogP contribution is -2.45. The summed E-state index contributed by atoms with van der Waals surface area (Å²) in [6.45, 7) is 11.5. The average Bonchev–Trinajstić information content (AvgIpc) is 3.06. The molecule has 1 saturated heterocycles. The molecule has 1 amide bonds. The molecule has 1 unspecified atom stereocenters. The van der Waals surface area contributed by atoms with E-state index in [4.69, 9.17) is 11.6 Å². The summed E-state index contributed by atoms with van der Waals surface area (Å²) >= 11 is 6.11. The van der Waals surface area contributed by atoms with E-state index in [0.717, 1.165) is 42.7 Å². The minimum absolute atomic E-state index is 0. The largest absolute Gasteiger partial charge is 0.369 e. The minimum atomic E-state index is -0.375. The predicted molar refractivity (Wildman–Crippen MR) is 129 cm³/mol. The van der Waals surface area contributed by atoms with Crippen LogP contribution in [0.3, 0.4) is 0 Å². The van der Waals surface area contributed by atoms with Gasteiger partial charge in [-0.3, -0.25) is 9.79 Å². The molecule has 158 valence electrons. The Kier molecular flexibility index (Phi) is 10.4. The first-order valence-electron chi connectivity index (χ1n) is 9.63. The smallest absolute Gasteiger partial charge is 0.225 e. The van der Waals surface area contributed by atoms with Gasteiger partial charge >= 0.3 is 0 Å². The lowest BCUT2D eigenvalue weighted by Gasteiger charge is -2.21. The highest BCUT2D eigenvalue weighted by molar-refractivity contribution is 14.0. The van der Waals surface area contributed by atoms with Crippen LogP contribution in [0.2, 0.25) is 5.02 Å². The fourth-order valence-electron chi connectivity index (χ4n) is 2.90. The number of anilines is 1. The van der Waals surface area contributed by atoms with Gasteiger partial charge in [-0.25, -0.2) is 0 Å². The predicted octanol–water partition coefficient (Wildman–Crippen LogP) is 3.25. The molecule has 0 radical (unpaired) electrons. The van der Waals surface area contributed by atoms with E-state index in [9.17, 15) is 4.79 Å². The monoisotopic (exact) mass is 521 g/mol. The maximum atomic E-state index is 11.9. The highest BCUT2D eigenvalue weighted by atomic mass is 127. The van der Waals surface area contributed by atoms with Crippen LogP contribution in [-0.2, 0) is 4.79 Å². The summed E-state index contributed by atoms with van der Waals surface area (Å²) in [4.78, 5) is 18.8. The molecular formula is C20H33ClIN5O. The Morgan fingerprint density at radius 3 is 2.71 bits per heavy atom.